The Morgan fingerprint density at radius 1 is 1.57 bits per heavy atom. The summed E-state index contributed by atoms with van der Waals surface area (Å²) in [5.41, 5.74) is 0.929. The number of halogens is 1. The van der Waals surface area contributed by atoms with Crippen molar-refractivity contribution in [1.82, 2.24) is 15.3 Å². The normalized spacial score (nSPS) is 21.4. The Labute approximate surface area is 92.7 Å². The van der Waals surface area contributed by atoms with E-state index in [9.17, 15) is 0 Å². The third-order valence-corrected chi connectivity index (χ3v) is 3.41. The lowest BCUT2D eigenvalue weighted by atomic mass is 10.4. The van der Waals surface area contributed by atoms with E-state index in [1.165, 1.54) is 6.42 Å². The molecule has 0 aromatic carbocycles. The molecule has 5 heteroatoms. The monoisotopic (exact) mass is 229 g/mol. The summed E-state index contributed by atoms with van der Waals surface area (Å²) in [6.07, 6.45) is 1.18. The molecule has 0 bridgehead atoms. The van der Waals surface area contributed by atoms with Crippen LogP contribution in [0.5, 0.6) is 0 Å². The van der Waals surface area contributed by atoms with Crippen molar-refractivity contribution in [3.8, 4) is 0 Å². The molecule has 0 radical (unpaired) electrons. The van der Waals surface area contributed by atoms with Crippen molar-refractivity contribution in [3.05, 3.63) is 16.9 Å². The first kappa shape index (κ1) is 10.2. The Kier molecular flexibility index (Phi) is 3.26. The highest BCUT2D eigenvalue weighted by Crippen LogP contribution is 2.24. The quantitative estimate of drug-likeness (QED) is 0.621. The molecule has 0 saturated carbocycles. The van der Waals surface area contributed by atoms with Crippen LogP contribution in [0.2, 0.25) is 5.15 Å². The van der Waals surface area contributed by atoms with E-state index in [1.807, 2.05) is 6.92 Å². The van der Waals surface area contributed by atoms with Gasteiger partial charge in [0.1, 0.15) is 5.15 Å². The van der Waals surface area contributed by atoms with Crippen LogP contribution < -0.4 is 5.32 Å². The Bertz CT molecular complexity index is 306. The molecular formula is C9H12ClN3S. The zero-order valence-electron chi connectivity index (χ0n) is 7.96. The summed E-state index contributed by atoms with van der Waals surface area (Å²) in [7, 11) is 0. The SMILES string of the molecule is Cc1cc(Cl)nc(S[C@H]2CCNC2)n1. The third-order valence-electron chi connectivity index (χ3n) is 2.09. The van der Waals surface area contributed by atoms with Gasteiger partial charge < -0.3 is 5.32 Å². The number of aromatic nitrogens is 2. The Hall–Kier alpha value is -0.320. The molecule has 0 amide bonds. The first-order chi connectivity index (χ1) is 6.74. The molecule has 14 heavy (non-hydrogen) atoms. The molecule has 1 atom stereocenters. The molecule has 1 aliphatic heterocycles. The van der Waals surface area contributed by atoms with Crippen molar-refractivity contribution in [1.29, 1.82) is 0 Å². The van der Waals surface area contributed by atoms with Gasteiger partial charge in [-0.3, -0.25) is 0 Å². The number of aryl methyl sites for hydroxylation is 1. The fourth-order valence-corrected chi connectivity index (χ4v) is 2.81. The summed E-state index contributed by atoms with van der Waals surface area (Å²) in [5.74, 6) is 0. The van der Waals surface area contributed by atoms with Crippen LogP contribution >= 0.6 is 23.4 Å². The minimum absolute atomic E-state index is 0.533. The number of thioether (sulfide) groups is 1. The summed E-state index contributed by atoms with van der Waals surface area (Å²) < 4.78 is 0. The molecule has 0 aliphatic carbocycles. The van der Waals surface area contributed by atoms with Crippen molar-refractivity contribution in [3.63, 3.8) is 0 Å². The number of nitrogens with one attached hydrogen (secondary N) is 1. The molecule has 1 aromatic rings. The Morgan fingerprint density at radius 2 is 2.43 bits per heavy atom. The fourth-order valence-electron chi connectivity index (χ4n) is 1.43. The zero-order valence-corrected chi connectivity index (χ0v) is 9.53. The summed E-state index contributed by atoms with van der Waals surface area (Å²) in [6.45, 7) is 4.07. The van der Waals surface area contributed by atoms with Crippen LogP contribution in [0.3, 0.4) is 0 Å². The van der Waals surface area contributed by atoms with E-state index < -0.39 is 0 Å². The van der Waals surface area contributed by atoms with E-state index >= 15 is 0 Å². The summed E-state index contributed by atoms with van der Waals surface area (Å²) in [6, 6.07) is 1.78. The molecule has 2 heterocycles. The van der Waals surface area contributed by atoms with Crippen LogP contribution in [0, 0.1) is 6.92 Å². The highest BCUT2D eigenvalue weighted by Gasteiger charge is 2.17. The Morgan fingerprint density at radius 3 is 3.07 bits per heavy atom. The van der Waals surface area contributed by atoms with Crippen LogP contribution in [0.1, 0.15) is 12.1 Å². The number of hydrogen-bond donors (Lipinski definition) is 1. The molecule has 76 valence electrons. The smallest absolute Gasteiger partial charge is 0.189 e. The van der Waals surface area contributed by atoms with Crippen molar-refractivity contribution in [2.75, 3.05) is 13.1 Å². The van der Waals surface area contributed by atoms with Crippen LogP contribution in [0.25, 0.3) is 0 Å². The fraction of sp³-hybridized carbons (Fsp3) is 0.556. The van der Waals surface area contributed by atoms with Gasteiger partial charge in [0, 0.05) is 17.5 Å². The largest absolute Gasteiger partial charge is 0.316 e. The molecule has 1 aromatic heterocycles. The second-order valence-electron chi connectivity index (χ2n) is 3.35. The maximum Gasteiger partial charge on any atom is 0.189 e. The van der Waals surface area contributed by atoms with Crippen LogP contribution in [-0.4, -0.2) is 28.3 Å². The highest BCUT2D eigenvalue weighted by atomic mass is 35.5. The summed E-state index contributed by atoms with van der Waals surface area (Å²) >= 11 is 7.57. The topological polar surface area (TPSA) is 37.8 Å². The summed E-state index contributed by atoms with van der Waals surface area (Å²) in [4.78, 5) is 8.52. The minimum atomic E-state index is 0.533. The molecular weight excluding hydrogens is 218 g/mol. The van der Waals surface area contributed by atoms with E-state index in [1.54, 1.807) is 17.8 Å². The molecule has 0 unspecified atom stereocenters. The highest BCUT2D eigenvalue weighted by molar-refractivity contribution is 7.99. The predicted molar refractivity (Wildman–Crippen MR) is 58.9 cm³/mol. The molecule has 1 saturated heterocycles. The first-order valence-electron chi connectivity index (χ1n) is 4.62. The molecule has 2 rings (SSSR count). The maximum absolute atomic E-state index is 5.86. The lowest BCUT2D eigenvalue weighted by molar-refractivity contribution is 0.857. The van der Waals surface area contributed by atoms with E-state index in [4.69, 9.17) is 11.6 Å². The van der Waals surface area contributed by atoms with Crippen molar-refractivity contribution >= 4 is 23.4 Å². The van der Waals surface area contributed by atoms with E-state index in [0.717, 1.165) is 23.9 Å². The van der Waals surface area contributed by atoms with E-state index in [2.05, 4.69) is 15.3 Å². The third kappa shape index (κ3) is 2.59. The average molecular weight is 230 g/mol. The first-order valence-corrected chi connectivity index (χ1v) is 5.88. The second kappa shape index (κ2) is 4.47. The van der Waals surface area contributed by atoms with E-state index in [0.29, 0.717) is 10.4 Å². The van der Waals surface area contributed by atoms with Crippen molar-refractivity contribution in [2.24, 2.45) is 0 Å². The van der Waals surface area contributed by atoms with Crippen LogP contribution in [-0.2, 0) is 0 Å². The van der Waals surface area contributed by atoms with Gasteiger partial charge in [0.2, 0.25) is 0 Å². The Balaban J connectivity index is 2.07. The predicted octanol–water partition coefficient (Wildman–Crippen LogP) is 1.89. The van der Waals surface area contributed by atoms with Gasteiger partial charge in [0.25, 0.3) is 0 Å². The number of hydrogen-bond acceptors (Lipinski definition) is 4. The van der Waals surface area contributed by atoms with Crippen LogP contribution in [0.15, 0.2) is 11.2 Å². The van der Waals surface area contributed by atoms with Gasteiger partial charge in [-0.05, 0) is 26.0 Å². The molecule has 1 aliphatic rings. The lowest BCUT2D eigenvalue weighted by Crippen LogP contribution is -2.10. The average Bonchev–Trinajstić information content (AvgIpc) is 2.54. The molecule has 1 fully saturated rings. The van der Waals surface area contributed by atoms with Crippen molar-refractivity contribution < 1.29 is 0 Å². The lowest BCUT2D eigenvalue weighted by Gasteiger charge is -2.06. The van der Waals surface area contributed by atoms with Gasteiger partial charge in [0.15, 0.2) is 5.16 Å². The molecule has 3 nitrogen and oxygen atoms in total. The van der Waals surface area contributed by atoms with Gasteiger partial charge in [0.05, 0.1) is 0 Å². The maximum atomic E-state index is 5.86. The number of rotatable bonds is 2. The van der Waals surface area contributed by atoms with E-state index in [-0.39, 0.29) is 0 Å². The van der Waals surface area contributed by atoms with Gasteiger partial charge in [-0.15, -0.1) is 0 Å². The van der Waals surface area contributed by atoms with Gasteiger partial charge in [-0.1, -0.05) is 23.4 Å². The number of nitrogens with zero attached hydrogens (tertiary/aromatic N) is 2. The zero-order chi connectivity index (χ0) is 9.97. The second-order valence-corrected chi connectivity index (χ2v) is 5.00. The van der Waals surface area contributed by atoms with Gasteiger partial charge in [-0.25, -0.2) is 9.97 Å². The molecule has 1 N–H and O–H groups in total. The standard InChI is InChI=1S/C9H12ClN3S/c1-6-4-8(10)13-9(12-6)14-7-2-3-11-5-7/h4,7,11H,2-3,5H2,1H3/t7-/m0/s1. The summed E-state index contributed by atoms with van der Waals surface area (Å²) in [5, 5.41) is 5.23. The molecule has 0 spiro atoms. The van der Waals surface area contributed by atoms with Gasteiger partial charge in [-0.2, -0.15) is 0 Å². The van der Waals surface area contributed by atoms with Gasteiger partial charge >= 0.3 is 0 Å². The minimum Gasteiger partial charge on any atom is -0.316 e. The van der Waals surface area contributed by atoms with Crippen molar-refractivity contribution in [2.45, 2.75) is 23.8 Å². The van der Waals surface area contributed by atoms with Crippen LogP contribution in [0.4, 0.5) is 0 Å².